The Morgan fingerprint density at radius 1 is 1.29 bits per heavy atom. The Morgan fingerprint density at radius 3 is 3.00 bits per heavy atom. The van der Waals surface area contributed by atoms with Crippen LogP contribution < -0.4 is 0 Å². The second-order valence-corrected chi connectivity index (χ2v) is 5.55. The molecule has 17 heavy (non-hydrogen) atoms. The maximum absolute atomic E-state index is 4.45. The first kappa shape index (κ1) is 11.1. The van der Waals surface area contributed by atoms with Gasteiger partial charge in [0.15, 0.2) is 5.65 Å². The molecule has 0 aliphatic carbocycles. The van der Waals surface area contributed by atoms with Crippen LogP contribution in [0.5, 0.6) is 0 Å². The van der Waals surface area contributed by atoms with E-state index in [1.54, 1.807) is 6.20 Å². The van der Waals surface area contributed by atoms with Crippen molar-refractivity contribution < 1.29 is 0 Å². The van der Waals surface area contributed by atoms with Crippen molar-refractivity contribution in [3.63, 3.8) is 0 Å². The fraction of sp³-hybridized carbons (Fsp3) is 0. The lowest BCUT2D eigenvalue weighted by molar-refractivity contribution is 1.20. The molecule has 1 aromatic carbocycles. The molecule has 1 N–H and O–H groups in total. The summed E-state index contributed by atoms with van der Waals surface area (Å²) in [5, 5.41) is 0. The van der Waals surface area contributed by atoms with E-state index in [0.29, 0.717) is 5.65 Å². The monoisotopic (exact) mass is 400 g/mol. The smallest absolute Gasteiger partial charge is 0.181 e. The first-order chi connectivity index (χ1) is 8.24. The highest BCUT2D eigenvalue weighted by Gasteiger charge is 2.09. The Hall–Kier alpha value is -1.02. The highest BCUT2D eigenvalue weighted by Crippen LogP contribution is 2.27. The molecular formula is C11H6BrIN4. The minimum Gasteiger partial charge on any atom is -0.335 e. The van der Waals surface area contributed by atoms with Crippen molar-refractivity contribution in [3.05, 3.63) is 38.8 Å². The summed E-state index contributed by atoms with van der Waals surface area (Å²) in [6.45, 7) is 0. The van der Waals surface area contributed by atoms with Gasteiger partial charge in [0, 0.05) is 13.6 Å². The molecule has 0 amide bonds. The molecule has 4 nitrogen and oxygen atoms in total. The van der Waals surface area contributed by atoms with Gasteiger partial charge in [0.2, 0.25) is 0 Å². The van der Waals surface area contributed by atoms with Gasteiger partial charge in [-0.15, -0.1) is 0 Å². The summed E-state index contributed by atoms with van der Waals surface area (Å²) in [7, 11) is 0. The normalized spacial score (nSPS) is 10.9. The number of nitrogens with zero attached hydrogens (tertiary/aromatic N) is 3. The molecule has 2 aromatic heterocycles. The largest absolute Gasteiger partial charge is 0.335 e. The molecule has 0 aliphatic rings. The van der Waals surface area contributed by atoms with Gasteiger partial charge in [-0.25, -0.2) is 15.0 Å². The number of nitrogens with one attached hydrogen (secondary N) is 1. The van der Waals surface area contributed by atoms with Gasteiger partial charge in [-0.3, -0.25) is 0 Å². The van der Waals surface area contributed by atoms with Gasteiger partial charge in [-0.1, -0.05) is 15.9 Å². The quantitative estimate of drug-likeness (QED) is 0.637. The average Bonchev–Trinajstić information content (AvgIpc) is 2.75. The number of fused-ring (bicyclic) bond motifs is 1. The number of rotatable bonds is 1. The molecule has 0 fully saturated rings. The summed E-state index contributed by atoms with van der Waals surface area (Å²) in [6.07, 6.45) is 3.22. The molecule has 0 aliphatic heterocycles. The van der Waals surface area contributed by atoms with Crippen molar-refractivity contribution in [2.75, 3.05) is 0 Å². The Morgan fingerprint density at radius 2 is 2.18 bits per heavy atom. The minimum atomic E-state index is 0.686. The van der Waals surface area contributed by atoms with Crippen LogP contribution in [0.4, 0.5) is 0 Å². The standard InChI is InChI=1S/C11H6BrIN4/c12-6-1-2-8(13)7(3-6)10-16-9-4-14-5-15-11(9)17-10/h1-5H,(H,14,15,16,17). The van der Waals surface area contributed by atoms with E-state index in [1.807, 2.05) is 18.2 Å². The molecule has 0 saturated heterocycles. The summed E-state index contributed by atoms with van der Waals surface area (Å²) in [6, 6.07) is 6.08. The fourth-order valence-electron chi connectivity index (χ4n) is 1.57. The second-order valence-electron chi connectivity index (χ2n) is 3.47. The number of aromatic amines is 1. The van der Waals surface area contributed by atoms with Crippen LogP contribution in [0.2, 0.25) is 0 Å². The van der Waals surface area contributed by atoms with Crippen molar-refractivity contribution in [1.82, 2.24) is 19.9 Å². The van der Waals surface area contributed by atoms with E-state index in [4.69, 9.17) is 0 Å². The third-order valence-electron chi connectivity index (χ3n) is 2.35. The van der Waals surface area contributed by atoms with Gasteiger partial charge in [0.25, 0.3) is 0 Å². The zero-order valence-electron chi connectivity index (χ0n) is 8.48. The van der Waals surface area contributed by atoms with Gasteiger partial charge in [-0.2, -0.15) is 0 Å². The molecule has 6 heteroatoms. The SMILES string of the molecule is Brc1ccc(I)c(-c2nc3ncncc3[nH]2)c1. The van der Waals surface area contributed by atoms with Crippen LogP contribution in [0.1, 0.15) is 0 Å². The number of H-pyrrole nitrogens is 1. The van der Waals surface area contributed by atoms with Crippen LogP contribution in [0, 0.1) is 3.57 Å². The number of benzene rings is 1. The molecule has 0 atom stereocenters. The molecule has 2 heterocycles. The molecule has 0 radical (unpaired) electrons. The van der Waals surface area contributed by atoms with E-state index in [2.05, 4.69) is 58.5 Å². The Labute approximate surface area is 119 Å². The third kappa shape index (κ3) is 2.06. The lowest BCUT2D eigenvalue weighted by Gasteiger charge is -2.01. The van der Waals surface area contributed by atoms with E-state index in [-0.39, 0.29) is 0 Å². The third-order valence-corrected chi connectivity index (χ3v) is 3.78. The van der Waals surface area contributed by atoms with E-state index in [0.717, 1.165) is 24.9 Å². The van der Waals surface area contributed by atoms with Crippen molar-refractivity contribution in [2.45, 2.75) is 0 Å². The van der Waals surface area contributed by atoms with E-state index in [1.165, 1.54) is 6.33 Å². The predicted molar refractivity (Wildman–Crippen MR) is 77.5 cm³/mol. The zero-order chi connectivity index (χ0) is 11.8. The lowest BCUT2D eigenvalue weighted by atomic mass is 10.2. The number of imidazole rings is 1. The number of aromatic nitrogens is 4. The zero-order valence-corrected chi connectivity index (χ0v) is 12.2. The minimum absolute atomic E-state index is 0.686. The molecule has 0 saturated carbocycles. The van der Waals surface area contributed by atoms with Crippen molar-refractivity contribution >= 4 is 49.7 Å². The van der Waals surface area contributed by atoms with E-state index < -0.39 is 0 Å². The summed E-state index contributed by atoms with van der Waals surface area (Å²) >= 11 is 5.75. The van der Waals surface area contributed by atoms with Gasteiger partial charge < -0.3 is 4.98 Å². The molecular weight excluding hydrogens is 395 g/mol. The van der Waals surface area contributed by atoms with Crippen LogP contribution in [-0.2, 0) is 0 Å². The number of hydrogen-bond acceptors (Lipinski definition) is 3. The predicted octanol–water partition coefficient (Wildman–Crippen LogP) is 3.39. The van der Waals surface area contributed by atoms with E-state index >= 15 is 0 Å². The highest BCUT2D eigenvalue weighted by molar-refractivity contribution is 14.1. The Bertz CT molecular complexity index is 662. The molecule has 0 unspecified atom stereocenters. The van der Waals surface area contributed by atoms with Gasteiger partial charge in [-0.05, 0) is 40.8 Å². The summed E-state index contributed by atoms with van der Waals surface area (Å²) < 4.78 is 2.16. The summed E-state index contributed by atoms with van der Waals surface area (Å²) in [5.74, 6) is 0.811. The second kappa shape index (κ2) is 4.34. The first-order valence-corrected chi connectivity index (χ1v) is 6.72. The van der Waals surface area contributed by atoms with Gasteiger partial charge in [0.1, 0.15) is 17.7 Å². The summed E-state index contributed by atoms with van der Waals surface area (Å²) in [4.78, 5) is 15.7. The van der Waals surface area contributed by atoms with Crippen LogP contribution in [-0.4, -0.2) is 19.9 Å². The lowest BCUT2D eigenvalue weighted by Crippen LogP contribution is -1.85. The van der Waals surface area contributed by atoms with Gasteiger partial charge >= 0.3 is 0 Å². The Kier molecular flexibility index (Phi) is 2.83. The highest BCUT2D eigenvalue weighted by atomic mass is 127. The van der Waals surface area contributed by atoms with Crippen molar-refractivity contribution in [1.29, 1.82) is 0 Å². The first-order valence-electron chi connectivity index (χ1n) is 4.85. The van der Waals surface area contributed by atoms with E-state index in [9.17, 15) is 0 Å². The molecule has 3 rings (SSSR count). The molecule has 3 aromatic rings. The number of hydrogen-bond donors (Lipinski definition) is 1. The number of halogens is 2. The van der Waals surface area contributed by atoms with Gasteiger partial charge in [0.05, 0.1) is 6.20 Å². The molecule has 0 spiro atoms. The fourth-order valence-corrected chi connectivity index (χ4v) is 2.52. The molecule has 84 valence electrons. The maximum atomic E-state index is 4.45. The Balaban J connectivity index is 2.23. The molecule has 0 bridgehead atoms. The van der Waals surface area contributed by atoms with Crippen LogP contribution >= 0.6 is 38.5 Å². The van der Waals surface area contributed by atoms with Crippen LogP contribution in [0.3, 0.4) is 0 Å². The maximum Gasteiger partial charge on any atom is 0.181 e. The van der Waals surface area contributed by atoms with Crippen LogP contribution in [0.15, 0.2) is 35.2 Å². The summed E-state index contributed by atoms with van der Waals surface area (Å²) in [5.41, 5.74) is 2.59. The van der Waals surface area contributed by atoms with Crippen molar-refractivity contribution in [2.24, 2.45) is 0 Å². The average molecular weight is 401 g/mol. The van der Waals surface area contributed by atoms with Crippen LogP contribution in [0.25, 0.3) is 22.6 Å². The topological polar surface area (TPSA) is 54.5 Å². The van der Waals surface area contributed by atoms with Crippen molar-refractivity contribution in [3.8, 4) is 11.4 Å².